The third-order valence-corrected chi connectivity index (χ3v) is 5.08. The normalized spacial score (nSPS) is 21.5. The lowest BCUT2D eigenvalue weighted by Gasteiger charge is -2.38. The van der Waals surface area contributed by atoms with E-state index in [-0.39, 0.29) is 24.1 Å². The molecule has 134 valence electrons. The molecule has 6 heteroatoms. The molecule has 2 aromatic carbocycles. The summed E-state index contributed by atoms with van der Waals surface area (Å²) in [5.41, 5.74) is 1.61. The smallest absolute Gasteiger partial charge is 0.251 e. The van der Waals surface area contributed by atoms with E-state index in [4.69, 9.17) is 0 Å². The van der Waals surface area contributed by atoms with Crippen molar-refractivity contribution in [3.63, 3.8) is 0 Å². The van der Waals surface area contributed by atoms with E-state index in [1.807, 2.05) is 18.2 Å². The average molecular weight is 353 g/mol. The highest BCUT2D eigenvalue weighted by molar-refractivity contribution is 6.22. The van der Waals surface area contributed by atoms with Crippen LogP contribution in [0.3, 0.4) is 0 Å². The quantitative estimate of drug-likeness (QED) is 0.794. The van der Waals surface area contributed by atoms with Gasteiger partial charge in [-0.05, 0) is 36.4 Å². The zero-order valence-electron chi connectivity index (χ0n) is 14.3. The number of rotatable bonds is 3. The van der Waals surface area contributed by atoms with Crippen molar-refractivity contribution in [1.29, 1.82) is 0 Å². The lowest BCUT2D eigenvalue weighted by atomic mass is 10.1. The van der Waals surface area contributed by atoms with Gasteiger partial charge in [0.1, 0.15) is 5.82 Å². The van der Waals surface area contributed by atoms with Gasteiger partial charge >= 0.3 is 0 Å². The van der Waals surface area contributed by atoms with Gasteiger partial charge in [-0.15, -0.1) is 0 Å². The average Bonchev–Trinajstić information content (AvgIpc) is 2.97. The van der Waals surface area contributed by atoms with E-state index in [0.717, 1.165) is 18.8 Å². The molecule has 0 unspecified atom stereocenters. The first-order valence-electron chi connectivity index (χ1n) is 8.80. The Balaban J connectivity index is 1.42. The summed E-state index contributed by atoms with van der Waals surface area (Å²) in [6, 6.07) is 15.1. The third kappa shape index (κ3) is 3.08. The molecule has 2 amide bonds. The first-order valence-corrected chi connectivity index (χ1v) is 8.80. The number of amides is 2. The summed E-state index contributed by atoms with van der Waals surface area (Å²) >= 11 is 0. The van der Waals surface area contributed by atoms with Crippen LogP contribution in [0.15, 0.2) is 54.6 Å². The molecule has 0 aliphatic carbocycles. The predicted octanol–water partition coefficient (Wildman–Crippen LogP) is 2.28. The molecule has 2 saturated heterocycles. The highest BCUT2D eigenvalue weighted by atomic mass is 19.1. The number of benzene rings is 2. The molecule has 2 aromatic rings. The molecule has 1 atom stereocenters. The number of halogens is 1. The van der Waals surface area contributed by atoms with E-state index >= 15 is 0 Å². The van der Waals surface area contributed by atoms with Crippen molar-refractivity contribution >= 4 is 23.2 Å². The van der Waals surface area contributed by atoms with Gasteiger partial charge in [0.2, 0.25) is 5.91 Å². The van der Waals surface area contributed by atoms with Gasteiger partial charge in [-0.1, -0.05) is 18.2 Å². The highest BCUT2D eigenvalue weighted by Crippen LogP contribution is 2.27. The number of piperazine rings is 1. The molecule has 0 radical (unpaired) electrons. The SMILES string of the molecule is O=C1C[C@@H](N2CCN(c3ccc(F)cc3)CC2)C(=O)N1c1ccccc1. The van der Waals surface area contributed by atoms with Crippen molar-refractivity contribution in [2.45, 2.75) is 12.5 Å². The number of anilines is 2. The van der Waals surface area contributed by atoms with Crippen LogP contribution in [0.2, 0.25) is 0 Å². The fourth-order valence-electron chi connectivity index (χ4n) is 3.69. The number of hydrogen-bond acceptors (Lipinski definition) is 4. The van der Waals surface area contributed by atoms with Crippen molar-refractivity contribution in [2.75, 3.05) is 36.0 Å². The summed E-state index contributed by atoms with van der Waals surface area (Å²) in [5, 5.41) is 0. The van der Waals surface area contributed by atoms with Gasteiger partial charge in [-0.2, -0.15) is 0 Å². The van der Waals surface area contributed by atoms with Gasteiger partial charge in [0, 0.05) is 31.9 Å². The highest BCUT2D eigenvalue weighted by Gasteiger charge is 2.43. The molecule has 0 spiro atoms. The van der Waals surface area contributed by atoms with Gasteiger partial charge in [0.15, 0.2) is 0 Å². The second kappa shape index (κ2) is 6.88. The molecule has 5 nitrogen and oxygen atoms in total. The Labute approximate surface area is 151 Å². The Hall–Kier alpha value is -2.73. The van der Waals surface area contributed by atoms with E-state index in [1.54, 1.807) is 24.3 Å². The van der Waals surface area contributed by atoms with Gasteiger partial charge in [0.25, 0.3) is 5.91 Å². The van der Waals surface area contributed by atoms with E-state index in [1.165, 1.54) is 17.0 Å². The van der Waals surface area contributed by atoms with Crippen molar-refractivity contribution in [3.8, 4) is 0 Å². The largest absolute Gasteiger partial charge is 0.369 e. The summed E-state index contributed by atoms with van der Waals surface area (Å²) in [6.07, 6.45) is 0.226. The number of imide groups is 1. The molecule has 2 aliphatic heterocycles. The molecule has 26 heavy (non-hydrogen) atoms. The molecule has 0 bridgehead atoms. The van der Waals surface area contributed by atoms with Gasteiger partial charge in [0.05, 0.1) is 18.2 Å². The topological polar surface area (TPSA) is 43.9 Å². The van der Waals surface area contributed by atoms with Crippen LogP contribution < -0.4 is 9.80 Å². The lowest BCUT2D eigenvalue weighted by molar-refractivity contribution is -0.123. The van der Waals surface area contributed by atoms with Crippen molar-refractivity contribution < 1.29 is 14.0 Å². The zero-order valence-corrected chi connectivity index (χ0v) is 14.3. The minimum absolute atomic E-state index is 0.142. The van der Waals surface area contributed by atoms with Crippen molar-refractivity contribution in [2.24, 2.45) is 0 Å². The van der Waals surface area contributed by atoms with Crippen LogP contribution >= 0.6 is 0 Å². The maximum Gasteiger partial charge on any atom is 0.251 e. The molecule has 0 aromatic heterocycles. The first-order chi connectivity index (χ1) is 12.6. The Bertz CT molecular complexity index is 802. The minimum atomic E-state index is -0.391. The van der Waals surface area contributed by atoms with Crippen LogP contribution in [-0.4, -0.2) is 48.9 Å². The Morgan fingerprint density at radius 3 is 2.12 bits per heavy atom. The molecule has 2 fully saturated rings. The lowest BCUT2D eigenvalue weighted by Crippen LogP contribution is -2.52. The predicted molar refractivity (Wildman–Crippen MR) is 97.5 cm³/mol. The summed E-state index contributed by atoms with van der Waals surface area (Å²) < 4.78 is 13.1. The summed E-state index contributed by atoms with van der Waals surface area (Å²) in [4.78, 5) is 30.8. The summed E-state index contributed by atoms with van der Waals surface area (Å²) in [6.45, 7) is 2.89. The molecular weight excluding hydrogens is 333 g/mol. The molecule has 0 saturated carbocycles. The van der Waals surface area contributed by atoms with Crippen LogP contribution in [0.25, 0.3) is 0 Å². The molecule has 0 N–H and O–H groups in total. The van der Waals surface area contributed by atoms with Gasteiger partial charge < -0.3 is 4.90 Å². The van der Waals surface area contributed by atoms with Crippen LogP contribution in [-0.2, 0) is 9.59 Å². The fraction of sp³-hybridized carbons (Fsp3) is 0.300. The van der Waals surface area contributed by atoms with E-state index in [2.05, 4.69) is 9.80 Å². The maximum atomic E-state index is 13.1. The standard InChI is InChI=1S/C20H20FN3O2/c21-15-6-8-16(9-7-15)22-10-12-23(13-11-22)18-14-19(25)24(20(18)26)17-4-2-1-3-5-17/h1-9,18H,10-14H2/t18-/m1/s1. The fourth-order valence-corrected chi connectivity index (χ4v) is 3.69. The maximum absolute atomic E-state index is 13.1. The van der Waals surface area contributed by atoms with Crippen molar-refractivity contribution in [1.82, 2.24) is 4.90 Å². The first kappa shape index (κ1) is 16.7. The van der Waals surface area contributed by atoms with Gasteiger partial charge in [-0.3, -0.25) is 14.5 Å². The van der Waals surface area contributed by atoms with Crippen molar-refractivity contribution in [3.05, 3.63) is 60.4 Å². The van der Waals surface area contributed by atoms with E-state index in [9.17, 15) is 14.0 Å². The molecule has 2 heterocycles. The van der Waals surface area contributed by atoms with E-state index in [0.29, 0.717) is 18.8 Å². The number of nitrogens with zero attached hydrogens (tertiary/aromatic N) is 3. The number of carbonyl (C=O) groups is 2. The van der Waals surface area contributed by atoms with Gasteiger partial charge in [-0.25, -0.2) is 9.29 Å². The summed E-state index contributed by atoms with van der Waals surface area (Å²) in [5.74, 6) is -0.535. The monoisotopic (exact) mass is 353 g/mol. The third-order valence-electron chi connectivity index (χ3n) is 5.08. The number of para-hydroxylation sites is 1. The second-order valence-electron chi connectivity index (χ2n) is 6.62. The minimum Gasteiger partial charge on any atom is -0.369 e. The number of carbonyl (C=O) groups excluding carboxylic acids is 2. The van der Waals surface area contributed by atoms with Crippen LogP contribution in [0, 0.1) is 5.82 Å². The molecule has 4 rings (SSSR count). The Kier molecular flexibility index (Phi) is 4.42. The molecular formula is C20H20FN3O2. The molecule has 2 aliphatic rings. The van der Waals surface area contributed by atoms with Crippen LogP contribution in [0.4, 0.5) is 15.8 Å². The summed E-state index contributed by atoms with van der Waals surface area (Å²) in [7, 11) is 0. The zero-order chi connectivity index (χ0) is 18.1. The Morgan fingerprint density at radius 2 is 1.46 bits per heavy atom. The second-order valence-corrected chi connectivity index (χ2v) is 6.62. The number of hydrogen-bond donors (Lipinski definition) is 0. The van der Waals surface area contributed by atoms with Crippen LogP contribution in [0.1, 0.15) is 6.42 Å². The Morgan fingerprint density at radius 1 is 0.808 bits per heavy atom. The van der Waals surface area contributed by atoms with Crippen LogP contribution in [0.5, 0.6) is 0 Å². The van der Waals surface area contributed by atoms with E-state index < -0.39 is 6.04 Å².